The molecule has 0 aliphatic carbocycles. The first-order valence-corrected chi connectivity index (χ1v) is 11.0. The van der Waals surface area contributed by atoms with Gasteiger partial charge in [-0.15, -0.1) is 0 Å². The van der Waals surface area contributed by atoms with Gasteiger partial charge in [-0.25, -0.2) is 0 Å². The highest BCUT2D eigenvalue weighted by atomic mass is 32.1. The number of unbranched alkanes of at least 4 members (excludes halogenated alkanes) is 3. The predicted octanol–water partition coefficient (Wildman–Crippen LogP) is 6.99. The number of rotatable bonds is 7. The standard InChI is InChI=1S/C23H25F3N2OS/c1-3-4-5-6-10-16(2)28-19-13-7-8-14-20(19)30-22(28)27-21(29)17-11-9-12-18(15-17)23(24,25)26/h7-9,11-16H,3-6,10H2,1-2H3. The van der Waals surface area contributed by atoms with Crippen LogP contribution in [0.15, 0.2) is 53.5 Å². The van der Waals surface area contributed by atoms with Crippen LogP contribution in [0.4, 0.5) is 13.2 Å². The Bertz CT molecular complexity index is 1080. The van der Waals surface area contributed by atoms with E-state index in [2.05, 4.69) is 18.8 Å². The molecule has 0 saturated heterocycles. The lowest BCUT2D eigenvalue weighted by Crippen LogP contribution is -2.20. The third-order valence-corrected chi connectivity index (χ3v) is 6.12. The van der Waals surface area contributed by atoms with Gasteiger partial charge in [0.25, 0.3) is 5.91 Å². The largest absolute Gasteiger partial charge is 0.416 e. The predicted molar refractivity (Wildman–Crippen MR) is 115 cm³/mol. The fourth-order valence-corrected chi connectivity index (χ4v) is 4.59. The Morgan fingerprint density at radius 1 is 1.10 bits per heavy atom. The molecule has 7 heteroatoms. The van der Waals surface area contributed by atoms with Crippen LogP contribution in [0.3, 0.4) is 0 Å². The third kappa shape index (κ3) is 5.19. The van der Waals surface area contributed by atoms with Crippen molar-refractivity contribution < 1.29 is 18.0 Å². The number of aromatic nitrogens is 1. The first kappa shape index (κ1) is 22.3. The van der Waals surface area contributed by atoms with Gasteiger partial charge in [-0.2, -0.15) is 18.2 Å². The molecule has 3 rings (SSSR count). The molecule has 0 aliphatic heterocycles. The smallest absolute Gasteiger partial charge is 0.314 e. The highest BCUT2D eigenvalue weighted by Crippen LogP contribution is 2.30. The van der Waals surface area contributed by atoms with Crippen LogP contribution in [0.1, 0.15) is 67.9 Å². The van der Waals surface area contributed by atoms with Crippen LogP contribution in [0.5, 0.6) is 0 Å². The van der Waals surface area contributed by atoms with Crippen molar-refractivity contribution in [2.24, 2.45) is 4.99 Å². The van der Waals surface area contributed by atoms with E-state index in [-0.39, 0.29) is 11.6 Å². The van der Waals surface area contributed by atoms with E-state index < -0.39 is 17.6 Å². The Kier molecular flexibility index (Phi) is 7.13. The molecule has 0 bridgehead atoms. The van der Waals surface area contributed by atoms with Crippen molar-refractivity contribution in [3.8, 4) is 0 Å². The van der Waals surface area contributed by atoms with Gasteiger partial charge >= 0.3 is 6.18 Å². The molecule has 0 N–H and O–H groups in total. The summed E-state index contributed by atoms with van der Waals surface area (Å²) >= 11 is 1.38. The van der Waals surface area contributed by atoms with E-state index in [9.17, 15) is 18.0 Å². The van der Waals surface area contributed by atoms with Crippen molar-refractivity contribution in [1.82, 2.24) is 4.57 Å². The van der Waals surface area contributed by atoms with Crippen molar-refractivity contribution in [2.45, 2.75) is 58.2 Å². The van der Waals surface area contributed by atoms with Crippen LogP contribution in [-0.2, 0) is 6.18 Å². The van der Waals surface area contributed by atoms with Crippen molar-refractivity contribution >= 4 is 27.5 Å². The number of benzene rings is 2. The highest BCUT2D eigenvalue weighted by Gasteiger charge is 2.30. The van der Waals surface area contributed by atoms with Gasteiger partial charge in [0, 0.05) is 11.6 Å². The molecule has 1 heterocycles. The highest BCUT2D eigenvalue weighted by molar-refractivity contribution is 7.16. The zero-order valence-corrected chi connectivity index (χ0v) is 17.9. The fraction of sp³-hybridized carbons (Fsp3) is 0.391. The minimum absolute atomic E-state index is 0.0653. The molecule has 0 radical (unpaired) electrons. The maximum Gasteiger partial charge on any atom is 0.416 e. The molecule has 0 fully saturated rings. The van der Waals surface area contributed by atoms with Crippen LogP contribution >= 0.6 is 11.3 Å². The summed E-state index contributed by atoms with van der Waals surface area (Å²) in [6.07, 6.45) is 1.03. The number of alkyl halides is 3. The summed E-state index contributed by atoms with van der Waals surface area (Å²) in [5.41, 5.74) is 0.0718. The van der Waals surface area contributed by atoms with Gasteiger partial charge in [0.05, 0.1) is 15.8 Å². The Labute approximate surface area is 177 Å². The van der Waals surface area contributed by atoms with E-state index >= 15 is 0 Å². The third-order valence-electron chi connectivity index (χ3n) is 5.08. The van der Waals surface area contributed by atoms with Crippen molar-refractivity contribution in [1.29, 1.82) is 0 Å². The molecule has 2 aromatic carbocycles. The van der Waals surface area contributed by atoms with Gasteiger partial charge in [0.15, 0.2) is 4.80 Å². The van der Waals surface area contributed by atoms with Gasteiger partial charge in [-0.05, 0) is 43.7 Å². The van der Waals surface area contributed by atoms with Crippen LogP contribution < -0.4 is 4.80 Å². The van der Waals surface area contributed by atoms with Gasteiger partial charge in [-0.3, -0.25) is 4.79 Å². The number of nitrogens with zero attached hydrogens (tertiary/aromatic N) is 2. The fourth-order valence-electron chi connectivity index (χ4n) is 3.47. The topological polar surface area (TPSA) is 34.4 Å². The van der Waals surface area contributed by atoms with E-state index in [1.165, 1.54) is 29.9 Å². The number of para-hydroxylation sites is 1. The number of amides is 1. The Hall–Kier alpha value is -2.41. The van der Waals surface area contributed by atoms with E-state index in [0.717, 1.165) is 48.0 Å². The molecule has 0 spiro atoms. The normalized spacial score (nSPS) is 13.7. The minimum atomic E-state index is -4.50. The summed E-state index contributed by atoms with van der Waals surface area (Å²) in [7, 11) is 0. The summed E-state index contributed by atoms with van der Waals surface area (Å²) in [5, 5.41) is 0. The van der Waals surface area contributed by atoms with Gasteiger partial charge in [0.1, 0.15) is 0 Å². The number of carbonyl (C=O) groups is 1. The molecule has 3 aromatic rings. The molecule has 0 aliphatic rings. The average molecular weight is 435 g/mol. The second-order valence-electron chi connectivity index (χ2n) is 7.42. The number of hydrogen-bond donors (Lipinski definition) is 0. The number of hydrogen-bond acceptors (Lipinski definition) is 2. The molecule has 1 unspecified atom stereocenters. The second-order valence-corrected chi connectivity index (χ2v) is 8.43. The van der Waals surface area contributed by atoms with E-state index in [0.29, 0.717) is 4.80 Å². The Morgan fingerprint density at radius 3 is 2.60 bits per heavy atom. The van der Waals surface area contributed by atoms with Crippen LogP contribution in [0.25, 0.3) is 10.2 Å². The molecular weight excluding hydrogens is 409 g/mol. The zero-order valence-electron chi connectivity index (χ0n) is 17.1. The first-order valence-electron chi connectivity index (χ1n) is 10.2. The Morgan fingerprint density at radius 2 is 1.87 bits per heavy atom. The lowest BCUT2D eigenvalue weighted by atomic mass is 10.1. The van der Waals surface area contributed by atoms with Crippen molar-refractivity contribution in [2.75, 3.05) is 0 Å². The minimum Gasteiger partial charge on any atom is -0.314 e. The number of thiazole rings is 1. The molecule has 1 atom stereocenters. The average Bonchev–Trinajstić information content (AvgIpc) is 3.08. The lowest BCUT2D eigenvalue weighted by Gasteiger charge is -2.15. The SMILES string of the molecule is CCCCCCC(C)n1c(=NC(=O)c2cccc(C(F)(F)F)c2)sc2ccccc21. The van der Waals surface area contributed by atoms with Crippen molar-refractivity contribution in [3.63, 3.8) is 0 Å². The number of halogens is 3. The molecule has 1 amide bonds. The first-order chi connectivity index (χ1) is 14.3. The van der Waals surface area contributed by atoms with Crippen LogP contribution in [0, 0.1) is 0 Å². The summed E-state index contributed by atoms with van der Waals surface area (Å²) in [6, 6.07) is 12.4. The second kappa shape index (κ2) is 9.60. The van der Waals surface area contributed by atoms with Gasteiger partial charge < -0.3 is 4.57 Å². The molecule has 3 nitrogen and oxygen atoms in total. The van der Waals surface area contributed by atoms with E-state index in [1.807, 2.05) is 28.8 Å². The summed E-state index contributed by atoms with van der Waals surface area (Å²) in [6.45, 7) is 4.26. The monoisotopic (exact) mass is 434 g/mol. The van der Waals surface area contributed by atoms with Crippen molar-refractivity contribution in [3.05, 3.63) is 64.5 Å². The maximum absolute atomic E-state index is 13.0. The lowest BCUT2D eigenvalue weighted by molar-refractivity contribution is -0.137. The molecule has 30 heavy (non-hydrogen) atoms. The van der Waals surface area contributed by atoms with Crippen LogP contribution in [0.2, 0.25) is 0 Å². The number of fused-ring (bicyclic) bond motifs is 1. The Balaban J connectivity index is 1.98. The molecular formula is C23H25F3N2OS. The summed E-state index contributed by atoms with van der Waals surface area (Å²) in [5.74, 6) is -0.667. The van der Waals surface area contributed by atoms with Gasteiger partial charge in [0.2, 0.25) is 0 Å². The van der Waals surface area contributed by atoms with E-state index in [4.69, 9.17) is 0 Å². The molecule has 160 valence electrons. The summed E-state index contributed by atoms with van der Waals surface area (Å²) in [4.78, 5) is 17.4. The zero-order chi connectivity index (χ0) is 21.7. The maximum atomic E-state index is 13.0. The van der Waals surface area contributed by atoms with Crippen LogP contribution in [-0.4, -0.2) is 10.5 Å². The molecule has 1 aromatic heterocycles. The van der Waals surface area contributed by atoms with Gasteiger partial charge in [-0.1, -0.05) is 62.1 Å². The van der Waals surface area contributed by atoms with E-state index in [1.54, 1.807) is 0 Å². The summed E-state index contributed by atoms with van der Waals surface area (Å²) < 4.78 is 42.0. The molecule has 0 saturated carbocycles. The number of carbonyl (C=O) groups excluding carboxylic acids is 1. The quantitative estimate of drug-likeness (QED) is 0.369.